The number of anilines is 1. The SMILES string of the molecule is CCC(=Cc1sc2ccc(-c3cccn3C)cc2[n+]1CCCS(=O)(=O)[O-])C=C1Sc2ccc(-c3cccn3C)cc2N1CCCS(=O)(=O)[O-]. The fourth-order valence-corrected chi connectivity index (χ4v) is 9.34. The van der Waals surface area contributed by atoms with E-state index in [0.29, 0.717) is 19.5 Å². The highest BCUT2D eigenvalue weighted by Gasteiger charge is 2.27. The van der Waals surface area contributed by atoms with Crippen LogP contribution in [0.1, 0.15) is 31.2 Å². The monoisotopic (exact) mass is 737 g/mol. The number of aryl methyl sites for hydroxylation is 3. The number of allylic oxidation sites excluding steroid dienone is 2. The van der Waals surface area contributed by atoms with Gasteiger partial charge in [0.25, 0.3) is 5.01 Å². The standard InChI is InChI=1S/C35H38N4O6S4/c1-4-25(21-34-38(17-7-19-48(40,41)42)30-23-26(11-13-32(30)46-34)28-9-5-15-36(28)2)22-35-39(18-8-20-49(43,44)45)31-24-27(12-14-33(31)47-35)29-10-6-16-37(29)3/h5-6,9-16,21-24H,4,7-8,17-20H2,1-3H3,(H-,40,41,42,43,44,45)/p-1. The number of hydrogen-bond acceptors (Lipinski definition) is 9. The number of benzene rings is 2. The van der Waals surface area contributed by atoms with Crippen LogP contribution in [0.3, 0.4) is 0 Å². The third-order valence-corrected chi connectivity index (χ3v) is 12.3. The normalized spacial score (nSPS) is 14.8. The van der Waals surface area contributed by atoms with Crippen molar-refractivity contribution in [3.8, 4) is 22.5 Å². The van der Waals surface area contributed by atoms with Gasteiger partial charge in [-0.2, -0.15) is 4.57 Å². The van der Waals surface area contributed by atoms with Gasteiger partial charge in [0.1, 0.15) is 4.70 Å². The summed E-state index contributed by atoms with van der Waals surface area (Å²) in [5.74, 6) is -0.896. The first-order chi connectivity index (χ1) is 23.3. The summed E-state index contributed by atoms with van der Waals surface area (Å²) in [6.07, 6.45) is 9.24. The van der Waals surface area contributed by atoms with Gasteiger partial charge >= 0.3 is 0 Å². The molecule has 6 rings (SSSR count). The lowest BCUT2D eigenvalue weighted by atomic mass is 10.1. The Kier molecular flexibility index (Phi) is 10.3. The zero-order valence-electron chi connectivity index (χ0n) is 27.4. The van der Waals surface area contributed by atoms with Gasteiger partial charge in [-0.1, -0.05) is 42.2 Å². The quantitative estimate of drug-likeness (QED) is 0.101. The molecule has 0 radical (unpaired) electrons. The Hall–Kier alpha value is -3.66. The molecule has 1 aliphatic rings. The molecule has 14 heteroatoms. The maximum absolute atomic E-state index is 11.5. The molecule has 0 saturated carbocycles. The molecule has 0 bridgehead atoms. The van der Waals surface area contributed by atoms with Gasteiger partial charge < -0.3 is 23.1 Å². The van der Waals surface area contributed by atoms with E-state index < -0.39 is 31.7 Å². The predicted octanol–water partition coefficient (Wildman–Crippen LogP) is 6.32. The third-order valence-electron chi connectivity index (χ3n) is 8.52. The predicted molar refractivity (Wildman–Crippen MR) is 195 cm³/mol. The van der Waals surface area contributed by atoms with Crippen LogP contribution in [0.15, 0.2) is 94.6 Å². The van der Waals surface area contributed by atoms with Gasteiger partial charge in [0.05, 0.1) is 31.0 Å². The van der Waals surface area contributed by atoms with Gasteiger partial charge in [0.15, 0.2) is 6.54 Å². The van der Waals surface area contributed by atoms with Crippen molar-refractivity contribution in [2.75, 3.05) is 23.0 Å². The minimum atomic E-state index is -4.36. The topological polar surface area (TPSA) is 131 Å². The van der Waals surface area contributed by atoms with E-state index in [-0.39, 0.29) is 12.8 Å². The highest BCUT2D eigenvalue weighted by molar-refractivity contribution is 8.03. The van der Waals surface area contributed by atoms with E-state index in [2.05, 4.69) is 64.9 Å². The van der Waals surface area contributed by atoms with Crippen molar-refractivity contribution in [1.82, 2.24) is 9.13 Å². The number of hydrogen-bond donors (Lipinski definition) is 0. The molecule has 258 valence electrons. The van der Waals surface area contributed by atoms with Gasteiger partial charge in [-0.15, -0.1) is 0 Å². The molecule has 5 aromatic rings. The second-order valence-electron chi connectivity index (χ2n) is 12.0. The number of thiazole rings is 1. The van der Waals surface area contributed by atoms with E-state index in [4.69, 9.17) is 0 Å². The Labute approximate surface area is 295 Å². The van der Waals surface area contributed by atoms with Gasteiger partial charge in [-0.25, -0.2) is 16.8 Å². The summed E-state index contributed by atoms with van der Waals surface area (Å²) >= 11 is 3.20. The highest BCUT2D eigenvalue weighted by Crippen LogP contribution is 2.48. The number of fused-ring (bicyclic) bond motifs is 2. The van der Waals surface area contributed by atoms with Crippen LogP contribution < -0.4 is 9.47 Å². The molecule has 0 amide bonds. The molecule has 1 aliphatic heterocycles. The fraction of sp³-hybridized carbons (Fsp3) is 0.286. The van der Waals surface area contributed by atoms with E-state index >= 15 is 0 Å². The second kappa shape index (κ2) is 14.3. The molecule has 0 fully saturated rings. The average Bonchev–Trinajstić information content (AvgIpc) is 3.81. The summed E-state index contributed by atoms with van der Waals surface area (Å²) in [5.41, 5.74) is 7.09. The van der Waals surface area contributed by atoms with Crippen LogP contribution in [-0.4, -0.2) is 53.1 Å². The minimum Gasteiger partial charge on any atom is -0.748 e. The molecule has 49 heavy (non-hydrogen) atoms. The number of aromatic nitrogens is 3. The van der Waals surface area contributed by atoms with Crippen LogP contribution in [0, 0.1) is 0 Å². The van der Waals surface area contributed by atoms with Gasteiger partial charge in [-0.05, 0) is 67.0 Å². The minimum absolute atomic E-state index is 0.186. The Balaban J connectivity index is 1.40. The van der Waals surface area contributed by atoms with Crippen LogP contribution in [0.25, 0.3) is 38.8 Å². The maximum Gasteiger partial charge on any atom is 0.263 e. The van der Waals surface area contributed by atoms with Crippen LogP contribution in [-0.2, 0) is 40.9 Å². The molecule has 0 atom stereocenters. The van der Waals surface area contributed by atoms with Crippen molar-refractivity contribution in [3.05, 3.63) is 94.7 Å². The Bertz CT molecular complexity index is 2300. The largest absolute Gasteiger partial charge is 0.748 e. The summed E-state index contributed by atoms with van der Waals surface area (Å²) in [6, 6.07) is 20.6. The molecule has 10 nitrogen and oxygen atoms in total. The maximum atomic E-state index is 11.5. The van der Waals surface area contributed by atoms with E-state index in [9.17, 15) is 25.9 Å². The smallest absolute Gasteiger partial charge is 0.263 e. The van der Waals surface area contributed by atoms with Gasteiger partial charge in [0.2, 0.25) is 5.52 Å². The number of nitrogens with zero attached hydrogens (tertiary/aromatic N) is 4. The third kappa shape index (κ3) is 8.22. The zero-order chi connectivity index (χ0) is 34.9. The Morgan fingerprint density at radius 1 is 0.857 bits per heavy atom. The summed E-state index contributed by atoms with van der Waals surface area (Å²) in [7, 11) is -4.75. The van der Waals surface area contributed by atoms with E-state index in [0.717, 1.165) is 58.9 Å². The molecule has 2 aromatic carbocycles. The van der Waals surface area contributed by atoms with Crippen LogP contribution >= 0.6 is 23.1 Å². The molecule has 0 aliphatic carbocycles. The first-order valence-electron chi connectivity index (χ1n) is 15.9. The first-order valence-corrected chi connectivity index (χ1v) is 20.7. The lowest BCUT2D eigenvalue weighted by molar-refractivity contribution is -0.668. The van der Waals surface area contributed by atoms with Gasteiger partial charge in [0, 0.05) is 90.5 Å². The van der Waals surface area contributed by atoms with Crippen molar-refractivity contribution >= 4 is 65.3 Å². The van der Waals surface area contributed by atoms with Gasteiger partial charge in [-0.3, -0.25) is 0 Å². The molecule has 3 aromatic heterocycles. The molecule has 0 N–H and O–H groups in total. The average molecular weight is 738 g/mol. The van der Waals surface area contributed by atoms with Crippen LogP contribution in [0.4, 0.5) is 5.69 Å². The van der Waals surface area contributed by atoms with E-state index in [1.54, 1.807) is 23.1 Å². The highest BCUT2D eigenvalue weighted by atomic mass is 32.2. The molecule has 4 heterocycles. The first kappa shape index (κ1) is 35.2. The Morgan fingerprint density at radius 3 is 2.10 bits per heavy atom. The van der Waals surface area contributed by atoms with E-state index in [1.807, 2.05) is 59.9 Å². The summed E-state index contributed by atoms with van der Waals surface area (Å²) in [4.78, 5) is 3.12. The lowest BCUT2D eigenvalue weighted by Gasteiger charge is -2.22. The Morgan fingerprint density at radius 2 is 1.49 bits per heavy atom. The molecule has 0 spiro atoms. The fourth-order valence-electron chi connectivity index (χ4n) is 6.08. The van der Waals surface area contributed by atoms with Crippen LogP contribution in [0.5, 0.6) is 0 Å². The van der Waals surface area contributed by atoms with Crippen molar-refractivity contribution in [3.63, 3.8) is 0 Å². The van der Waals surface area contributed by atoms with Crippen LogP contribution in [0.2, 0.25) is 0 Å². The number of thioether (sulfide) groups is 1. The zero-order valence-corrected chi connectivity index (χ0v) is 30.7. The molecule has 0 saturated heterocycles. The number of rotatable bonds is 13. The molecular weight excluding hydrogens is 701 g/mol. The van der Waals surface area contributed by atoms with Crippen molar-refractivity contribution in [2.45, 2.75) is 37.6 Å². The summed E-state index contributed by atoms with van der Waals surface area (Å²) < 4.78 is 76.1. The summed E-state index contributed by atoms with van der Waals surface area (Å²) in [5, 5.41) is 1.85. The summed E-state index contributed by atoms with van der Waals surface area (Å²) in [6.45, 7) is 2.78. The van der Waals surface area contributed by atoms with Crippen molar-refractivity contribution < 1.29 is 30.5 Å². The second-order valence-corrected chi connectivity index (χ2v) is 17.2. The lowest BCUT2D eigenvalue weighted by Crippen LogP contribution is -2.36. The molecule has 0 unspecified atom stereocenters. The molecular formula is C35H37N4O6S4-. The van der Waals surface area contributed by atoms with Crippen molar-refractivity contribution in [1.29, 1.82) is 0 Å². The van der Waals surface area contributed by atoms with Crippen molar-refractivity contribution in [2.24, 2.45) is 14.1 Å². The van der Waals surface area contributed by atoms with E-state index in [1.165, 1.54) is 0 Å².